The lowest BCUT2D eigenvalue weighted by atomic mass is 9.99. The SMILES string of the molecule is CCCN1C=CC(O)c2c1c(OC)cc(F)c2[N+](=O)[O-]. The van der Waals surface area contributed by atoms with Crippen LogP contribution >= 0.6 is 0 Å². The second-order valence-corrected chi connectivity index (χ2v) is 4.41. The lowest BCUT2D eigenvalue weighted by molar-refractivity contribution is -0.388. The standard InChI is InChI=1S/C13H15FN2O4/c1-3-5-15-6-4-9(17)11-12(16(18)19)8(14)7-10(20-2)13(11)15/h4,6-7,9,17H,3,5H2,1-2H3. The van der Waals surface area contributed by atoms with Crippen molar-refractivity contribution < 1.29 is 19.2 Å². The van der Waals surface area contributed by atoms with Gasteiger partial charge in [0.1, 0.15) is 11.9 Å². The molecule has 0 radical (unpaired) electrons. The maximum Gasteiger partial charge on any atom is 0.313 e. The van der Waals surface area contributed by atoms with Crippen LogP contribution in [-0.4, -0.2) is 23.7 Å². The fraction of sp³-hybridized carbons (Fsp3) is 0.385. The molecule has 1 unspecified atom stereocenters. The van der Waals surface area contributed by atoms with Gasteiger partial charge in [-0.25, -0.2) is 0 Å². The molecule has 1 aromatic carbocycles. The van der Waals surface area contributed by atoms with Gasteiger partial charge in [0.2, 0.25) is 5.82 Å². The second-order valence-electron chi connectivity index (χ2n) is 4.41. The predicted octanol–water partition coefficient (Wildman–Crippen LogP) is 2.52. The Morgan fingerprint density at radius 2 is 2.30 bits per heavy atom. The van der Waals surface area contributed by atoms with E-state index in [0.29, 0.717) is 12.2 Å². The monoisotopic (exact) mass is 282 g/mol. The summed E-state index contributed by atoms with van der Waals surface area (Å²) < 4.78 is 19.0. The number of anilines is 1. The molecule has 0 aliphatic carbocycles. The molecule has 1 N–H and O–H groups in total. The van der Waals surface area contributed by atoms with Crippen molar-refractivity contribution in [3.63, 3.8) is 0 Å². The van der Waals surface area contributed by atoms with E-state index in [4.69, 9.17) is 4.74 Å². The first kappa shape index (κ1) is 14.3. The van der Waals surface area contributed by atoms with Gasteiger partial charge in [-0.05, 0) is 12.5 Å². The molecule has 0 bridgehead atoms. The fourth-order valence-electron chi connectivity index (χ4n) is 2.33. The van der Waals surface area contributed by atoms with Gasteiger partial charge in [-0.15, -0.1) is 0 Å². The molecule has 7 heteroatoms. The van der Waals surface area contributed by atoms with Crippen molar-refractivity contribution in [3.8, 4) is 5.75 Å². The van der Waals surface area contributed by atoms with E-state index in [1.807, 2.05) is 6.92 Å². The van der Waals surface area contributed by atoms with Crippen LogP contribution in [0.15, 0.2) is 18.3 Å². The van der Waals surface area contributed by atoms with Crippen molar-refractivity contribution in [2.75, 3.05) is 18.6 Å². The first-order valence-electron chi connectivity index (χ1n) is 6.19. The van der Waals surface area contributed by atoms with Crippen LogP contribution in [0.1, 0.15) is 25.0 Å². The Hall–Kier alpha value is -2.15. The Morgan fingerprint density at radius 3 is 2.85 bits per heavy atom. The van der Waals surface area contributed by atoms with Crippen LogP contribution in [0.2, 0.25) is 0 Å². The number of aliphatic hydroxyl groups is 1. The smallest absolute Gasteiger partial charge is 0.313 e. The van der Waals surface area contributed by atoms with Gasteiger partial charge in [-0.2, -0.15) is 4.39 Å². The zero-order chi connectivity index (χ0) is 14.9. The molecule has 0 saturated heterocycles. The highest BCUT2D eigenvalue weighted by Crippen LogP contribution is 2.46. The normalized spacial score (nSPS) is 17.0. The molecule has 0 amide bonds. The maximum absolute atomic E-state index is 13.9. The third-order valence-electron chi connectivity index (χ3n) is 3.13. The Labute approximate surface area is 115 Å². The number of rotatable bonds is 4. The van der Waals surface area contributed by atoms with E-state index in [-0.39, 0.29) is 11.3 Å². The number of hydrogen-bond donors (Lipinski definition) is 1. The molecular formula is C13H15FN2O4. The van der Waals surface area contributed by atoms with Crippen LogP contribution in [0.3, 0.4) is 0 Å². The van der Waals surface area contributed by atoms with Crippen LogP contribution < -0.4 is 9.64 Å². The molecule has 108 valence electrons. The number of aliphatic hydroxyl groups excluding tert-OH is 1. The van der Waals surface area contributed by atoms with Gasteiger partial charge in [-0.3, -0.25) is 10.1 Å². The number of nitro groups is 1. The molecule has 0 saturated carbocycles. The molecule has 1 atom stereocenters. The lowest BCUT2D eigenvalue weighted by Gasteiger charge is -2.29. The topological polar surface area (TPSA) is 75.8 Å². The van der Waals surface area contributed by atoms with E-state index in [9.17, 15) is 19.6 Å². The summed E-state index contributed by atoms with van der Waals surface area (Å²) >= 11 is 0. The van der Waals surface area contributed by atoms with Crippen molar-refractivity contribution in [1.82, 2.24) is 0 Å². The summed E-state index contributed by atoms with van der Waals surface area (Å²) in [6.07, 6.45) is 2.57. The van der Waals surface area contributed by atoms with Crippen LogP contribution in [0.25, 0.3) is 0 Å². The third kappa shape index (κ3) is 2.20. The number of ether oxygens (including phenoxy) is 1. The summed E-state index contributed by atoms with van der Waals surface area (Å²) in [7, 11) is 1.36. The fourth-order valence-corrected chi connectivity index (χ4v) is 2.33. The van der Waals surface area contributed by atoms with Crippen LogP contribution in [0, 0.1) is 15.9 Å². The maximum atomic E-state index is 13.9. The Bertz CT molecular complexity index is 574. The van der Waals surface area contributed by atoms with Gasteiger partial charge >= 0.3 is 5.69 Å². The molecule has 2 rings (SSSR count). The first-order chi connectivity index (χ1) is 9.51. The Balaban J connectivity index is 2.74. The molecule has 6 nitrogen and oxygen atoms in total. The van der Waals surface area contributed by atoms with E-state index in [2.05, 4.69) is 0 Å². The summed E-state index contributed by atoms with van der Waals surface area (Å²) in [4.78, 5) is 12.0. The average molecular weight is 282 g/mol. The summed E-state index contributed by atoms with van der Waals surface area (Å²) in [5.41, 5.74) is -0.431. The number of benzene rings is 1. The molecule has 0 fully saturated rings. The van der Waals surface area contributed by atoms with E-state index in [1.54, 1.807) is 11.1 Å². The van der Waals surface area contributed by atoms with Gasteiger partial charge < -0.3 is 14.7 Å². The highest BCUT2D eigenvalue weighted by atomic mass is 19.1. The Morgan fingerprint density at radius 1 is 1.60 bits per heavy atom. The largest absolute Gasteiger partial charge is 0.494 e. The zero-order valence-corrected chi connectivity index (χ0v) is 11.2. The van der Waals surface area contributed by atoms with E-state index < -0.39 is 22.5 Å². The van der Waals surface area contributed by atoms with Crippen molar-refractivity contribution in [2.24, 2.45) is 0 Å². The number of halogens is 1. The van der Waals surface area contributed by atoms with Crippen molar-refractivity contribution >= 4 is 11.4 Å². The number of fused-ring (bicyclic) bond motifs is 1. The Kier molecular flexibility index (Phi) is 3.89. The highest BCUT2D eigenvalue weighted by molar-refractivity contribution is 5.74. The number of nitrogens with zero attached hydrogens (tertiary/aromatic N) is 2. The summed E-state index contributed by atoms with van der Waals surface area (Å²) in [6, 6.07) is 0.978. The zero-order valence-electron chi connectivity index (χ0n) is 11.2. The van der Waals surface area contributed by atoms with E-state index in [0.717, 1.165) is 12.5 Å². The summed E-state index contributed by atoms with van der Waals surface area (Å²) in [6.45, 7) is 2.53. The predicted molar refractivity (Wildman–Crippen MR) is 71.3 cm³/mol. The molecule has 0 spiro atoms. The van der Waals surface area contributed by atoms with Gasteiger partial charge in [0.25, 0.3) is 0 Å². The number of nitro benzene ring substituents is 1. The third-order valence-corrected chi connectivity index (χ3v) is 3.13. The van der Waals surface area contributed by atoms with Crippen LogP contribution in [-0.2, 0) is 0 Å². The molecule has 0 aromatic heterocycles. The van der Waals surface area contributed by atoms with Crippen molar-refractivity contribution in [3.05, 3.63) is 39.8 Å². The summed E-state index contributed by atoms with van der Waals surface area (Å²) in [5, 5.41) is 21.1. The molecular weight excluding hydrogens is 267 g/mol. The molecule has 1 aliphatic rings. The van der Waals surface area contributed by atoms with Crippen LogP contribution in [0.4, 0.5) is 15.8 Å². The van der Waals surface area contributed by atoms with Gasteiger partial charge in [0.15, 0.2) is 0 Å². The van der Waals surface area contributed by atoms with Crippen molar-refractivity contribution in [1.29, 1.82) is 0 Å². The molecule has 1 aliphatic heterocycles. The van der Waals surface area contributed by atoms with Gasteiger partial charge in [0.05, 0.1) is 23.3 Å². The first-order valence-corrected chi connectivity index (χ1v) is 6.19. The lowest BCUT2D eigenvalue weighted by Crippen LogP contribution is -2.24. The summed E-state index contributed by atoms with van der Waals surface area (Å²) in [5.74, 6) is -0.851. The van der Waals surface area contributed by atoms with Crippen LogP contribution in [0.5, 0.6) is 5.75 Å². The number of methoxy groups -OCH3 is 1. The van der Waals surface area contributed by atoms with Gasteiger partial charge in [-0.1, -0.05) is 6.92 Å². The highest BCUT2D eigenvalue weighted by Gasteiger charge is 2.34. The molecule has 1 aromatic rings. The number of hydrogen-bond acceptors (Lipinski definition) is 5. The minimum absolute atomic E-state index is 0.0669. The molecule has 1 heterocycles. The van der Waals surface area contributed by atoms with Gasteiger partial charge in [0, 0.05) is 18.8 Å². The molecule has 20 heavy (non-hydrogen) atoms. The second kappa shape index (κ2) is 5.46. The average Bonchev–Trinajstić information content (AvgIpc) is 2.40. The van der Waals surface area contributed by atoms with E-state index >= 15 is 0 Å². The van der Waals surface area contributed by atoms with Crippen molar-refractivity contribution in [2.45, 2.75) is 19.4 Å². The minimum Gasteiger partial charge on any atom is -0.494 e. The minimum atomic E-state index is -1.23. The quantitative estimate of drug-likeness (QED) is 0.678. The van der Waals surface area contributed by atoms with E-state index in [1.165, 1.54) is 13.2 Å².